The van der Waals surface area contributed by atoms with Crippen molar-refractivity contribution < 1.29 is 0 Å². The number of aromatic amines is 1. The molecule has 6 nitrogen and oxygen atoms in total. The fourth-order valence-electron chi connectivity index (χ4n) is 1.04. The summed E-state index contributed by atoms with van der Waals surface area (Å²) in [4.78, 5) is 8.50. The third-order valence-corrected chi connectivity index (χ3v) is 2.02. The molecule has 0 unspecified atom stereocenters. The molecule has 15 heavy (non-hydrogen) atoms. The van der Waals surface area contributed by atoms with E-state index < -0.39 is 0 Å². The molecule has 0 amide bonds. The maximum atomic E-state index is 7.14. The van der Waals surface area contributed by atoms with Crippen LogP contribution in [0.1, 0.15) is 5.69 Å². The molecule has 0 aliphatic heterocycles. The van der Waals surface area contributed by atoms with Crippen LogP contribution in [0.2, 0.25) is 0 Å². The highest BCUT2D eigenvalue weighted by molar-refractivity contribution is 5.95. The van der Waals surface area contributed by atoms with Gasteiger partial charge in [0.05, 0.1) is 0 Å². The van der Waals surface area contributed by atoms with Crippen molar-refractivity contribution in [2.75, 3.05) is 13.6 Å². The number of hydrogen-bond acceptors (Lipinski definition) is 2. The smallest absolute Gasteiger partial charge is 0.197 e. The average molecular weight is 208 g/mol. The molecule has 0 radical (unpaired) electrons. The quantitative estimate of drug-likeness (QED) is 0.404. The average Bonchev–Trinajstić information content (AvgIpc) is 2.69. The third kappa shape index (κ3) is 3.34. The number of guanidine groups is 2. The van der Waals surface area contributed by atoms with Crippen molar-refractivity contribution in [1.29, 1.82) is 5.41 Å². The Morgan fingerprint density at radius 3 is 2.87 bits per heavy atom. The van der Waals surface area contributed by atoms with E-state index in [-0.39, 0.29) is 11.9 Å². The lowest BCUT2D eigenvalue weighted by Gasteiger charge is -2.14. The first-order chi connectivity index (χ1) is 7.11. The zero-order valence-corrected chi connectivity index (χ0v) is 8.70. The molecule has 0 aliphatic rings. The van der Waals surface area contributed by atoms with Gasteiger partial charge < -0.3 is 16.5 Å². The fraction of sp³-hybridized carbons (Fsp3) is 0.333. The van der Waals surface area contributed by atoms with Crippen molar-refractivity contribution >= 4 is 11.9 Å². The van der Waals surface area contributed by atoms with Gasteiger partial charge in [0, 0.05) is 31.9 Å². The van der Waals surface area contributed by atoms with Crippen molar-refractivity contribution in [3.63, 3.8) is 0 Å². The highest BCUT2D eigenvalue weighted by atomic mass is 15.3. The Labute approximate surface area is 88.5 Å². The van der Waals surface area contributed by atoms with Crippen molar-refractivity contribution in [1.82, 2.24) is 9.88 Å². The van der Waals surface area contributed by atoms with Crippen molar-refractivity contribution in [2.45, 2.75) is 6.42 Å². The summed E-state index contributed by atoms with van der Waals surface area (Å²) in [6.07, 6.45) is 2.66. The number of aromatic nitrogens is 1. The minimum Gasteiger partial charge on any atom is -0.370 e. The second-order valence-electron chi connectivity index (χ2n) is 3.13. The highest BCUT2D eigenvalue weighted by Crippen LogP contribution is 1.95. The van der Waals surface area contributed by atoms with Gasteiger partial charge in [0.1, 0.15) is 0 Å². The number of hydrogen-bond donors (Lipinski definition) is 4. The molecule has 0 saturated carbocycles. The van der Waals surface area contributed by atoms with Crippen LogP contribution < -0.4 is 11.5 Å². The van der Waals surface area contributed by atoms with Crippen molar-refractivity contribution in [3.8, 4) is 0 Å². The Morgan fingerprint density at radius 1 is 1.60 bits per heavy atom. The van der Waals surface area contributed by atoms with Gasteiger partial charge in [-0.15, -0.1) is 0 Å². The minimum absolute atomic E-state index is 0.115. The standard InChI is InChI=1S/C9H16N6/c1-15(8(10)11)9(12)14-6-4-7-3-2-5-13-7/h2-3,5,13H,4,6H2,1H3,(H3,10,11)(H2,12,14). The van der Waals surface area contributed by atoms with E-state index in [1.165, 1.54) is 4.90 Å². The van der Waals surface area contributed by atoms with Gasteiger partial charge in [-0.3, -0.25) is 15.3 Å². The number of nitrogens with two attached hydrogens (primary N) is 2. The van der Waals surface area contributed by atoms with Gasteiger partial charge in [-0.1, -0.05) is 0 Å². The van der Waals surface area contributed by atoms with E-state index in [1.807, 2.05) is 18.3 Å². The molecule has 6 N–H and O–H groups in total. The van der Waals surface area contributed by atoms with Gasteiger partial charge in [-0.05, 0) is 12.1 Å². The molecule has 1 aromatic heterocycles. The van der Waals surface area contributed by atoms with E-state index in [0.717, 1.165) is 12.1 Å². The van der Waals surface area contributed by atoms with E-state index in [4.69, 9.17) is 16.9 Å². The lowest BCUT2D eigenvalue weighted by atomic mass is 10.3. The third-order valence-electron chi connectivity index (χ3n) is 2.02. The summed E-state index contributed by atoms with van der Waals surface area (Å²) in [5.74, 6) is 0.144. The maximum Gasteiger partial charge on any atom is 0.197 e. The minimum atomic E-state index is -0.115. The van der Waals surface area contributed by atoms with Crippen LogP contribution in [-0.4, -0.2) is 35.4 Å². The first-order valence-corrected chi connectivity index (χ1v) is 4.61. The predicted molar refractivity (Wildman–Crippen MR) is 60.7 cm³/mol. The number of nitrogens with one attached hydrogen (secondary N) is 2. The molecule has 0 saturated heterocycles. The van der Waals surface area contributed by atoms with Crippen molar-refractivity contribution in [2.24, 2.45) is 16.5 Å². The molecule has 0 aliphatic carbocycles. The van der Waals surface area contributed by atoms with Crippen LogP contribution in [-0.2, 0) is 6.42 Å². The normalized spacial score (nSPS) is 11.4. The zero-order chi connectivity index (χ0) is 11.3. The monoisotopic (exact) mass is 208 g/mol. The Kier molecular flexibility index (Phi) is 3.73. The fourth-order valence-corrected chi connectivity index (χ4v) is 1.04. The van der Waals surface area contributed by atoms with E-state index in [1.54, 1.807) is 7.05 Å². The van der Waals surface area contributed by atoms with Gasteiger partial charge >= 0.3 is 0 Å². The SMILES string of the molecule is CN(C(=N)N)C(N)=NCCc1ccc[nH]1. The lowest BCUT2D eigenvalue weighted by molar-refractivity contribution is 0.713. The molecule has 0 atom stereocenters. The number of rotatable bonds is 3. The van der Waals surface area contributed by atoms with E-state index in [9.17, 15) is 0 Å². The van der Waals surface area contributed by atoms with Gasteiger partial charge in [-0.25, -0.2) is 0 Å². The summed E-state index contributed by atoms with van der Waals surface area (Å²) in [7, 11) is 1.61. The number of nitrogens with zero attached hydrogens (tertiary/aromatic N) is 2. The Bertz CT molecular complexity index is 339. The van der Waals surface area contributed by atoms with Crippen molar-refractivity contribution in [3.05, 3.63) is 24.0 Å². The van der Waals surface area contributed by atoms with Gasteiger partial charge in [0.25, 0.3) is 0 Å². The molecule has 1 aromatic rings. The molecule has 0 bridgehead atoms. The number of aliphatic imine (C=N–C) groups is 1. The van der Waals surface area contributed by atoms with Gasteiger partial charge in [0.15, 0.2) is 11.9 Å². The summed E-state index contributed by atoms with van der Waals surface area (Å²) in [6.45, 7) is 0.573. The van der Waals surface area contributed by atoms with Crippen LogP contribution in [0.3, 0.4) is 0 Å². The molecule has 0 fully saturated rings. The molecular weight excluding hydrogens is 192 g/mol. The summed E-state index contributed by atoms with van der Waals surface area (Å²) in [5.41, 5.74) is 12.0. The van der Waals surface area contributed by atoms with Gasteiger partial charge in [0.2, 0.25) is 0 Å². The van der Waals surface area contributed by atoms with Crippen LogP contribution in [0.5, 0.6) is 0 Å². The topological polar surface area (TPSA) is 107 Å². The molecule has 0 aromatic carbocycles. The molecule has 0 spiro atoms. The van der Waals surface area contributed by atoms with Crippen LogP contribution in [0.4, 0.5) is 0 Å². The van der Waals surface area contributed by atoms with Gasteiger partial charge in [-0.2, -0.15) is 0 Å². The summed E-state index contributed by atoms with van der Waals surface area (Å²) in [6, 6.07) is 3.92. The first kappa shape index (κ1) is 11.1. The predicted octanol–water partition coefficient (Wildman–Crippen LogP) is -0.303. The number of H-pyrrole nitrogens is 1. The van der Waals surface area contributed by atoms with Crippen LogP contribution >= 0.6 is 0 Å². The summed E-state index contributed by atoms with van der Waals surface area (Å²) < 4.78 is 0. The second-order valence-corrected chi connectivity index (χ2v) is 3.13. The highest BCUT2D eigenvalue weighted by Gasteiger charge is 2.03. The molecule has 82 valence electrons. The van der Waals surface area contributed by atoms with E-state index in [0.29, 0.717) is 6.54 Å². The molecule has 1 heterocycles. The van der Waals surface area contributed by atoms with E-state index >= 15 is 0 Å². The first-order valence-electron chi connectivity index (χ1n) is 4.61. The zero-order valence-electron chi connectivity index (χ0n) is 8.70. The second kappa shape index (κ2) is 5.04. The van der Waals surface area contributed by atoms with Crippen LogP contribution in [0, 0.1) is 5.41 Å². The van der Waals surface area contributed by atoms with Crippen LogP contribution in [0.15, 0.2) is 23.3 Å². The lowest BCUT2D eigenvalue weighted by Crippen LogP contribution is -2.42. The Morgan fingerprint density at radius 2 is 2.33 bits per heavy atom. The maximum absolute atomic E-state index is 7.14. The largest absolute Gasteiger partial charge is 0.370 e. The van der Waals surface area contributed by atoms with Crippen LogP contribution in [0.25, 0.3) is 0 Å². The molecular formula is C9H16N6. The van der Waals surface area contributed by atoms with E-state index in [2.05, 4.69) is 9.98 Å². The Hall–Kier alpha value is -1.98. The molecule has 6 heteroatoms. The molecule has 1 rings (SSSR count). The summed E-state index contributed by atoms with van der Waals surface area (Å²) >= 11 is 0. The Balaban J connectivity index is 2.41. The summed E-state index contributed by atoms with van der Waals surface area (Å²) in [5, 5.41) is 7.14.